The average Bonchev–Trinajstić information content (AvgIpc) is 2.54. The number of aliphatic hydroxyl groups is 1. The average molecular weight is 338 g/mol. The van der Waals surface area contributed by atoms with Crippen molar-refractivity contribution in [2.75, 3.05) is 13.6 Å². The van der Waals surface area contributed by atoms with Crippen molar-refractivity contribution in [3.05, 3.63) is 53.7 Å². The topological polar surface area (TPSA) is 53.4 Å². The summed E-state index contributed by atoms with van der Waals surface area (Å²) in [6, 6.07) is 12.5. The van der Waals surface area contributed by atoms with E-state index in [1.807, 2.05) is 30.3 Å². The maximum Gasteiger partial charge on any atom is 0.416 e. The van der Waals surface area contributed by atoms with Gasteiger partial charge in [0.15, 0.2) is 6.10 Å². The van der Waals surface area contributed by atoms with Gasteiger partial charge in [-0.05, 0) is 19.1 Å². The molecule has 1 N–H and O–H groups in total. The molecule has 0 bridgehead atoms. The number of likely N-dealkylation sites (N-methyl/N-ethyl adjacent to an activating group) is 1. The fraction of sp³-hybridized carbons (Fsp3) is 0.294. The molecule has 0 saturated carbocycles. The second kappa shape index (κ2) is 7.00. The second-order valence-electron chi connectivity index (χ2n) is 5.44. The largest absolute Gasteiger partial charge is 0.416 e. The minimum absolute atomic E-state index is 0.201. The normalized spacial score (nSPS) is 12.8. The molecule has 0 aliphatic rings. The molecule has 7 heteroatoms. The molecule has 0 saturated heterocycles. The Morgan fingerprint density at radius 2 is 1.83 bits per heavy atom. The van der Waals surface area contributed by atoms with Gasteiger partial charge in [-0.15, -0.1) is 0 Å². The summed E-state index contributed by atoms with van der Waals surface area (Å²) in [5, 5.41) is 9.08. The quantitative estimate of drug-likeness (QED) is 0.932. The van der Waals surface area contributed by atoms with Crippen LogP contribution in [0.4, 0.5) is 13.2 Å². The van der Waals surface area contributed by atoms with Crippen molar-refractivity contribution in [3.8, 4) is 11.3 Å². The van der Waals surface area contributed by atoms with Crippen LogP contribution < -0.4 is 0 Å². The van der Waals surface area contributed by atoms with Crippen LogP contribution in [0.1, 0.15) is 16.1 Å². The highest BCUT2D eigenvalue weighted by molar-refractivity contribution is 5.95. The van der Waals surface area contributed by atoms with Gasteiger partial charge in [0.1, 0.15) is 0 Å². The molecule has 4 nitrogen and oxygen atoms in total. The van der Waals surface area contributed by atoms with Crippen molar-refractivity contribution < 1.29 is 23.1 Å². The van der Waals surface area contributed by atoms with Gasteiger partial charge in [0.2, 0.25) is 0 Å². The van der Waals surface area contributed by atoms with Crippen molar-refractivity contribution in [1.82, 2.24) is 9.88 Å². The zero-order valence-corrected chi connectivity index (χ0v) is 13.2. The fourth-order valence-corrected chi connectivity index (χ4v) is 2.21. The lowest BCUT2D eigenvalue weighted by Gasteiger charge is -2.23. The Labute approximate surface area is 137 Å². The molecule has 1 atom stereocenters. The van der Waals surface area contributed by atoms with Crippen molar-refractivity contribution in [2.24, 2.45) is 0 Å². The molecule has 1 unspecified atom stereocenters. The highest BCUT2D eigenvalue weighted by Crippen LogP contribution is 2.22. The standard InChI is InChI=1S/C17H17F3N2O2/c1-11-13(16(24)22(2)10-15(23)17(18,19)20)8-9-14(21-11)12-6-4-3-5-7-12/h3-9,15,23H,10H2,1-2H3. The van der Waals surface area contributed by atoms with E-state index in [1.165, 1.54) is 13.1 Å². The number of benzene rings is 1. The molecule has 1 amide bonds. The molecule has 0 radical (unpaired) electrons. The Hall–Kier alpha value is -2.41. The first kappa shape index (κ1) is 17.9. The number of alkyl halides is 3. The van der Waals surface area contributed by atoms with E-state index in [2.05, 4.69) is 4.98 Å². The van der Waals surface area contributed by atoms with Crippen LogP contribution in [-0.4, -0.2) is 46.8 Å². The lowest BCUT2D eigenvalue weighted by molar-refractivity contribution is -0.205. The van der Waals surface area contributed by atoms with Crippen LogP contribution in [0.3, 0.4) is 0 Å². The van der Waals surface area contributed by atoms with E-state index < -0.39 is 24.7 Å². The number of amides is 1. The minimum Gasteiger partial charge on any atom is -0.382 e. The molecular weight excluding hydrogens is 321 g/mol. The van der Waals surface area contributed by atoms with Crippen LogP contribution in [0, 0.1) is 6.92 Å². The molecule has 1 aromatic heterocycles. The first-order chi connectivity index (χ1) is 11.2. The van der Waals surface area contributed by atoms with Crippen molar-refractivity contribution in [2.45, 2.75) is 19.2 Å². The molecular formula is C17H17F3N2O2. The van der Waals surface area contributed by atoms with Crippen LogP contribution in [0.5, 0.6) is 0 Å². The van der Waals surface area contributed by atoms with Gasteiger partial charge in [-0.1, -0.05) is 30.3 Å². The Bertz CT molecular complexity index is 718. The number of hydrogen-bond donors (Lipinski definition) is 1. The SMILES string of the molecule is Cc1nc(-c2ccccc2)ccc1C(=O)N(C)CC(O)C(F)(F)F. The highest BCUT2D eigenvalue weighted by Gasteiger charge is 2.39. The Morgan fingerprint density at radius 1 is 1.21 bits per heavy atom. The number of aryl methyl sites for hydroxylation is 1. The first-order valence-corrected chi connectivity index (χ1v) is 7.23. The first-order valence-electron chi connectivity index (χ1n) is 7.23. The van der Waals surface area contributed by atoms with Gasteiger partial charge in [0.25, 0.3) is 5.91 Å². The zero-order valence-electron chi connectivity index (χ0n) is 13.2. The van der Waals surface area contributed by atoms with Crippen LogP contribution in [0.2, 0.25) is 0 Å². The van der Waals surface area contributed by atoms with Crippen molar-refractivity contribution in [1.29, 1.82) is 0 Å². The molecule has 0 spiro atoms. The number of nitrogens with zero attached hydrogens (tertiary/aromatic N) is 2. The lowest BCUT2D eigenvalue weighted by Crippen LogP contribution is -2.42. The third-order valence-corrected chi connectivity index (χ3v) is 3.56. The summed E-state index contributed by atoms with van der Waals surface area (Å²) in [5.41, 5.74) is 2.16. The van der Waals surface area contributed by atoms with E-state index in [0.717, 1.165) is 10.5 Å². The van der Waals surface area contributed by atoms with Crippen LogP contribution in [0.25, 0.3) is 11.3 Å². The third-order valence-electron chi connectivity index (χ3n) is 3.56. The van der Waals surface area contributed by atoms with E-state index in [9.17, 15) is 18.0 Å². The van der Waals surface area contributed by atoms with Crippen molar-refractivity contribution in [3.63, 3.8) is 0 Å². The number of rotatable bonds is 4. The summed E-state index contributed by atoms with van der Waals surface area (Å²) in [6.45, 7) is 0.788. The molecule has 2 aromatic rings. The van der Waals surface area contributed by atoms with Gasteiger partial charge in [-0.2, -0.15) is 13.2 Å². The molecule has 2 rings (SSSR count). The Morgan fingerprint density at radius 3 is 2.38 bits per heavy atom. The second-order valence-corrected chi connectivity index (χ2v) is 5.44. The van der Waals surface area contributed by atoms with Gasteiger partial charge in [-0.25, -0.2) is 0 Å². The fourth-order valence-electron chi connectivity index (χ4n) is 2.21. The summed E-state index contributed by atoms with van der Waals surface area (Å²) in [7, 11) is 1.21. The minimum atomic E-state index is -4.76. The lowest BCUT2D eigenvalue weighted by atomic mass is 10.1. The maximum atomic E-state index is 12.4. The van der Waals surface area contributed by atoms with E-state index in [0.29, 0.717) is 11.4 Å². The number of carbonyl (C=O) groups is 1. The zero-order chi connectivity index (χ0) is 17.9. The third kappa shape index (κ3) is 4.11. The van der Waals surface area contributed by atoms with Crippen LogP contribution >= 0.6 is 0 Å². The predicted molar refractivity (Wildman–Crippen MR) is 83.4 cm³/mol. The summed E-state index contributed by atoms with van der Waals surface area (Å²) in [5.74, 6) is -0.622. The molecule has 1 heterocycles. The van der Waals surface area contributed by atoms with Crippen LogP contribution in [-0.2, 0) is 0 Å². The number of carbonyl (C=O) groups excluding carboxylic acids is 1. The van der Waals surface area contributed by atoms with Crippen molar-refractivity contribution >= 4 is 5.91 Å². The van der Waals surface area contributed by atoms with E-state index >= 15 is 0 Å². The number of hydrogen-bond acceptors (Lipinski definition) is 3. The summed E-state index contributed by atoms with van der Waals surface area (Å²) >= 11 is 0. The van der Waals surface area contributed by atoms with Gasteiger partial charge in [0, 0.05) is 12.6 Å². The molecule has 24 heavy (non-hydrogen) atoms. The molecule has 128 valence electrons. The summed E-state index contributed by atoms with van der Waals surface area (Å²) in [6.07, 6.45) is -7.35. The van der Waals surface area contributed by atoms with E-state index in [1.54, 1.807) is 13.0 Å². The molecule has 0 fully saturated rings. The number of pyridine rings is 1. The van der Waals surface area contributed by atoms with Crippen LogP contribution in [0.15, 0.2) is 42.5 Å². The van der Waals surface area contributed by atoms with Gasteiger partial charge in [-0.3, -0.25) is 9.78 Å². The molecule has 1 aromatic carbocycles. The number of halogens is 3. The number of aliphatic hydroxyl groups excluding tert-OH is 1. The maximum absolute atomic E-state index is 12.4. The highest BCUT2D eigenvalue weighted by atomic mass is 19.4. The summed E-state index contributed by atoms with van der Waals surface area (Å²) < 4.78 is 37.2. The molecule has 0 aliphatic heterocycles. The molecule has 0 aliphatic carbocycles. The smallest absolute Gasteiger partial charge is 0.382 e. The monoisotopic (exact) mass is 338 g/mol. The van der Waals surface area contributed by atoms with Gasteiger partial charge in [0.05, 0.1) is 23.5 Å². The summed E-state index contributed by atoms with van der Waals surface area (Å²) in [4.78, 5) is 17.5. The Balaban J connectivity index is 2.18. The van der Waals surface area contributed by atoms with E-state index in [-0.39, 0.29) is 5.56 Å². The van der Waals surface area contributed by atoms with E-state index in [4.69, 9.17) is 5.11 Å². The van der Waals surface area contributed by atoms with Gasteiger partial charge < -0.3 is 10.0 Å². The van der Waals surface area contributed by atoms with Gasteiger partial charge >= 0.3 is 6.18 Å². The Kier molecular flexibility index (Phi) is 5.23. The predicted octanol–water partition coefficient (Wildman–Crippen LogP) is 3.05. The number of aromatic nitrogens is 1.